The van der Waals surface area contributed by atoms with Gasteiger partial charge in [0.1, 0.15) is 40.2 Å². The van der Waals surface area contributed by atoms with Crippen molar-refractivity contribution in [3.8, 4) is 51.2 Å². The molecule has 1 aliphatic rings. The second kappa shape index (κ2) is 36.3. The monoisotopic (exact) mass is 1530 g/mol. The van der Waals surface area contributed by atoms with Crippen LogP contribution in [0.5, 0.6) is 0 Å². The molecule has 0 radical (unpaired) electrons. The minimum absolute atomic E-state index is 0.0201. The van der Waals surface area contributed by atoms with Crippen LogP contribution < -0.4 is 68.0 Å². The van der Waals surface area contributed by atoms with E-state index in [1.165, 1.54) is 0 Å². The van der Waals surface area contributed by atoms with Crippen LogP contribution >= 0.6 is 23.2 Å². The van der Waals surface area contributed by atoms with Gasteiger partial charge in [-0.15, -0.1) is 61.2 Å². The highest BCUT2D eigenvalue weighted by Crippen LogP contribution is 2.36. The molecule has 10 heterocycles. The number of aromatic nitrogens is 22. The maximum absolute atomic E-state index is 9.13. The molecule has 0 saturated carbocycles. The highest BCUT2D eigenvalue weighted by Gasteiger charge is 2.22. The summed E-state index contributed by atoms with van der Waals surface area (Å²) in [4.78, 5) is 39.5. The van der Waals surface area contributed by atoms with Crippen molar-refractivity contribution in [2.45, 2.75) is 6.92 Å². The minimum atomic E-state index is -0.0201. The molecule has 15 aromatic rings. The van der Waals surface area contributed by atoms with Gasteiger partial charge < -0.3 is 82.4 Å². The van der Waals surface area contributed by atoms with Gasteiger partial charge in [-0.1, -0.05) is 163 Å². The number of hydrogen-bond acceptors (Lipinski definition) is 34. The second-order valence-electron chi connectivity index (χ2n) is 24.1. The van der Waals surface area contributed by atoms with Crippen LogP contribution in [0.25, 0.3) is 90.3 Å². The Hall–Kier alpha value is -15.4. The molecule has 0 bridgehead atoms. The molecule has 0 aliphatic carbocycles. The van der Waals surface area contributed by atoms with Crippen LogP contribution in [0.2, 0.25) is 10.0 Å². The van der Waals surface area contributed by atoms with Gasteiger partial charge in [0.2, 0.25) is 35.7 Å². The van der Waals surface area contributed by atoms with Crippen LogP contribution in [-0.2, 0) is 7.05 Å². The van der Waals surface area contributed by atoms with Crippen LogP contribution in [-0.4, -0.2) is 149 Å². The number of nitrogens with zero attached hydrogens (tertiary/aromatic N) is 24. The normalized spacial score (nSPS) is 11.9. The number of anilines is 12. The molecule has 1 saturated heterocycles. The number of aryl methyl sites for hydroxylation is 2. The molecule has 1 fully saturated rings. The number of allylic oxidation sites excluding steroid dienone is 1. The fourth-order valence-electron chi connectivity index (χ4n) is 10.9. The van der Waals surface area contributed by atoms with E-state index in [2.05, 4.69) is 123 Å². The van der Waals surface area contributed by atoms with Crippen molar-refractivity contribution in [2.75, 3.05) is 101 Å². The van der Waals surface area contributed by atoms with Crippen molar-refractivity contribution < 1.29 is 0 Å². The van der Waals surface area contributed by atoms with Gasteiger partial charge in [0.05, 0.1) is 27.5 Å². The molecule has 6 aromatic carbocycles. The molecule has 112 heavy (non-hydrogen) atoms. The van der Waals surface area contributed by atoms with Gasteiger partial charge in [-0.05, 0) is 61.0 Å². The number of likely N-dealkylation sites (N-methyl/N-ethyl adjacent to an activating group) is 1. The predicted octanol–water partition coefficient (Wildman–Crippen LogP) is 8.08. The summed E-state index contributed by atoms with van der Waals surface area (Å²) < 4.78 is 2.02. The number of fused-ring (bicyclic) bond motifs is 2. The smallest absolute Gasteiger partial charge is 0.247 e. The lowest BCUT2D eigenvalue weighted by Crippen LogP contribution is -2.45. The number of rotatable bonds is 10. The molecule has 0 atom stereocenters. The molecule has 23 N–H and O–H groups in total. The summed E-state index contributed by atoms with van der Waals surface area (Å²) in [6.45, 7) is 5.48. The Morgan fingerprint density at radius 3 is 1.48 bits per heavy atom. The second-order valence-corrected chi connectivity index (χ2v) is 24.9. The zero-order valence-electron chi connectivity index (χ0n) is 60.1. The molecule has 0 unspecified atom stereocenters. The summed E-state index contributed by atoms with van der Waals surface area (Å²) in [5, 5.41) is 58.7. The van der Waals surface area contributed by atoms with Crippen molar-refractivity contribution in [1.29, 1.82) is 5.26 Å². The number of para-hydroxylation sites is 2. The van der Waals surface area contributed by atoms with Gasteiger partial charge >= 0.3 is 0 Å². The number of piperazine rings is 1. The Labute approximate surface area is 649 Å². The van der Waals surface area contributed by atoms with E-state index in [4.69, 9.17) is 91.5 Å². The summed E-state index contributed by atoms with van der Waals surface area (Å²) >= 11 is 12.2. The summed E-state index contributed by atoms with van der Waals surface area (Å²) in [5.41, 5.74) is 74.7. The average molecular weight is 1540 g/mol. The first-order chi connectivity index (χ1) is 54.1. The van der Waals surface area contributed by atoms with Gasteiger partial charge in [0.15, 0.2) is 40.6 Å². The Morgan fingerprint density at radius 2 is 0.929 bits per heavy atom. The van der Waals surface area contributed by atoms with Crippen LogP contribution in [0.4, 0.5) is 70.6 Å². The van der Waals surface area contributed by atoms with E-state index in [0.717, 1.165) is 87.1 Å². The topological polar surface area (TPSA) is 595 Å². The van der Waals surface area contributed by atoms with Crippen molar-refractivity contribution in [2.24, 2.45) is 7.05 Å². The number of benzene rings is 6. The number of halogens is 2. The van der Waals surface area contributed by atoms with Gasteiger partial charge in [-0.3, -0.25) is 9.97 Å². The maximum atomic E-state index is 9.13. The van der Waals surface area contributed by atoms with Gasteiger partial charge in [0.25, 0.3) is 0 Å². The van der Waals surface area contributed by atoms with Gasteiger partial charge in [-0.2, -0.15) is 35.2 Å². The maximum Gasteiger partial charge on any atom is 0.247 e. The highest BCUT2D eigenvalue weighted by molar-refractivity contribution is 6.43. The summed E-state index contributed by atoms with van der Waals surface area (Å²) in [7, 11) is 4.06. The third-order valence-electron chi connectivity index (χ3n) is 16.3. The SMILES string of the molecule is CN1CCN(c2nnc(-c3cccc(Cl)c3Cl)c(N)n2)CC1.Cc1cnc(-c2nnc(N)nc2N)cn1.Cn1cc(-c2nnc(N)nc2N)c2ccccc21.N#C/C(=C\c1ccccc1)c1nnc(N)nc1N.Nc1nnc(-c2c[nH]c3ccccc23)c(N)n1.Nc1nnc(/C(=C/c2ccccc2)c2ccccc2)c(N)n1. The van der Waals surface area contributed by atoms with Crippen molar-refractivity contribution >= 4 is 139 Å². The molecular formula is C74H72Cl2N36. The zero-order valence-corrected chi connectivity index (χ0v) is 61.7. The Bertz CT molecular complexity index is 5860. The molecule has 9 aromatic heterocycles. The molecule has 36 nitrogen and oxygen atoms in total. The Morgan fingerprint density at radius 1 is 0.446 bits per heavy atom. The molecular weight excluding hydrogens is 1460 g/mol. The van der Waals surface area contributed by atoms with Crippen LogP contribution in [0, 0.1) is 18.3 Å². The molecule has 0 spiro atoms. The number of aromatic amines is 1. The Balaban J connectivity index is 0.000000134. The lowest BCUT2D eigenvalue weighted by Gasteiger charge is -2.32. The third kappa shape index (κ3) is 19.6. The van der Waals surface area contributed by atoms with Gasteiger partial charge in [0, 0.05) is 95.9 Å². The van der Waals surface area contributed by atoms with Crippen molar-refractivity contribution in [3.05, 3.63) is 226 Å². The number of nitriles is 1. The number of nitrogens with one attached hydrogen (secondary N) is 1. The molecule has 16 rings (SSSR count). The van der Waals surface area contributed by atoms with Crippen LogP contribution in [0.1, 0.15) is 33.8 Å². The zero-order chi connectivity index (χ0) is 79.4. The fraction of sp³-hybridized carbons (Fsp3) is 0.0946. The Kier molecular flexibility index (Phi) is 25.2. The number of nitrogens with two attached hydrogens (primary N) is 11. The van der Waals surface area contributed by atoms with E-state index < -0.39 is 0 Å². The van der Waals surface area contributed by atoms with E-state index >= 15 is 0 Å². The minimum Gasteiger partial charge on any atom is -0.382 e. The summed E-state index contributed by atoms with van der Waals surface area (Å²) in [6, 6.07) is 52.4. The largest absolute Gasteiger partial charge is 0.382 e. The van der Waals surface area contributed by atoms with Crippen molar-refractivity contribution in [3.63, 3.8) is 0 Å². The van der Waals surface area contributed by atoms with E-state index in [1.54, 1.807) is 36.7 Å². The molecule has 1 aliphatic heterocycles. The summed E-state index contributed by atoms with van der Waals surface area (Å²) in [5.74, 6) is 2.20. The quantitative estimate of drug-likeness (QED) is 0.0454. The van der Waals surface area contributed by atoms with Crippen LogP contribution in [0.3, 0.4) is 0 Å². The first kappa shape index (κ1) is 77.7. The number of H-pyrrole nitrogens is 1. The third-order valence-corrected chi connectivity index (χ3v) is 17.1. The molecule has 0 amide bonds. The predicted molar refractivity (Wildman–Crippen MR) is 437 cm³/mol. The van der Waals surface area contributed by atoms with E-state index in [-0.39, 0.29) is 58.7 Å². The standard InChI is InChI=1S/C17H15N5.C14H16Cl2N6.C12H12N6.C12H10N6.C11H10N6.C8H9N7/c18-16-15(21-22-17(19)20-16)14(13-9-5-2-6-10-13)11-12-7-3-1-4-8-12;1-21-5-7-22(8-6-21)14-18-13(17)12(19-20-14)9-3-2-4-10(15)11(9)16;1-18-6-8(7-4-2-3-5-9(7)18)10-11(13)15-12(14)17-16-10;13-7-9(6-8-4-2-1-3-5-8)10-11(14)16-12(15)18-17-10;12-10-9(16-17-11(13)15-10)7-5-14-8-4-2-1-3-6(7)8;1-4-2-12-5(3-11-4)6-7(9)13-8(10)15-14-6/h1-11H,(H4,18,19,20,22);2-4H,5-8H2,1H3,(H2,17,18,20);2-6H,1H3,(H4,13,14,15,17);1-6H,(H4,14,15,16,18);1-5,14H,(H4,12,13,15,17);2-3H,1H3,(H4,9,10,13,15)/b14-11+;;;9-6+;;. The first-order valence-electron chi connectivity index (χ1n) is 33.7. The molecule has 562 valence electrons. The molecule has 38 heteroatoms. The summed E-state index contributed by atoms with van der Waals surface area (Å²) in [6.07, 6.45) is 10.7. The van der Waals surface area contributed by atoms with E-state index in [0.29, 0.717) is 72.9 Å². The van der Waals surface area contributed by atoms with E-state index in [9.17, 15) is 0 Å². The first-order valence-corrected chi connectivity index (χ1v) is 34.4. The fourth-order valence-corrected chi connectivity index (χ4v) is 11.2. The van der Waals surface area contributed by atoms with Crippen molar-refractivity contribution in [1.82, 2.24) is 116 Å². The van der Waals surface area contributed by atoms with Crippen LogP contribution in [0.15, 0.2) is 183 Å². The average Bonchev–Trinajstić information content (AvgIpc) is 1.66. The van der Waals surface area contributed by atoms with E-state index in [1.807, 2.05) is 183 Å². The highest BCUT2D eigenvalue weighted by atomic mass is 35.5. The number of hydrogen-bond donors (Lipinski definition) is 12. The number of nitrogen functional groups attached to an aromatic ring is 11. The lowest BCUT2D eigenvalue weighted by atomic mass is 9.99. The lowest BCUT2D eigenvalue weighted by molar-refractivity contribution is 0.311. The van der Waals surface area contributed by atoms with Gasteiger partial charge in [-0.25, -0.2) is 0 Å².